The monoisotopic (exact) mass is 383 g/mol. The van der Waals surface area contributed by atoms with Crippen LogP contribution in [0, 0.1) is 0 Å². The van der Waals surface area contributed by atoms with Crippen LogP contribution in [0.2, 0.25) is 5.28 Å². The third-order valence-corrected chi connectivity index (χ3v) is 4.41. The Bertz CT molecular complexity index is 799. The maximum absolute atomic E-state index is 10.4. The van der Waals surface area contributed by atoms with Crippen LogP contribution in [0.5, 0.6) is 0 Å². The molecule has 2 aromatic heterocycles. The Hall–Kier alpha value is -1.82. The molecule has 26 heavy (non-hydrogen) atoms. The van der Waals surface area contributed by atoms with Crippen molar-refractivity contribution in [3.8, 4) is 0 Å². The third-order valence-electron chi connectivity index (χ3n) is 4.24. The Morgan fingerprint density at radius 3 is 2.85 bits per heavy atom. The summed E-state index contributed by atoms with van der Waals surface area (Å²) < 4.78 is 7.38. The second-order valence-electron chi connectivity index (χ2n) is 6.18. The molecule has 1 aliphatic rings. The van der Waals surface area contributed by atoms with Gasteiger partial charge in [0, 0.05) is 19.6 Å². The molecule has 0 aliphatic carbocycles. The van der Waals surface area contributed by atoms with E-state index in [9.17, 15) is 10.2 Å². The number of anilines is 1. The normalized spacial score (nSPS) is 26.5. The zero-order valence-electron chi connectivity index (χ0n) is 14.2. The number of nitrogens with zero attached hydrogens (tertiary/aromatic N) is 5. The van der Waals surface area contributed by atoms with Crippen molar-refractivity contribution in [3.63, 3.8) is 0 Å². The first-order valence-corrected chi connectivity index (χ1v) is 8.51. The summed E-state index contributed by atoms with van der Waals surface area (Å²) in [6.07, 6.45) is 1.55. The van der Waals surface area contributed by atoms with Gasteiger partial charge in [0.15, 0.2) is 17.7 Å². The van der Waals surface area contributed by atoms with Crippen LogP contribution in [0.1, 0.15) is 6.23 Å². The van der Waals surface area contributed by atoms with E-state index in [1.165, 1.54) is 10.9 Å². The molecule has 1 fully saturated rings. The van der Waals surface area contributed by atoms with Gasteiger partial charge < -0.3 is 31.3 Å². The van der Waals surface area contributed by atoms with Gasteiger partial charge in [-0.2, -0.15) is 9.97 Å². The zero-order valence-corrected chi connectivity index (χ0v) is 15.0. The number of halogens is 1. The molecule has 11 heteroatoms. The fourth-order valence-electron chi connectivity index (χ4n) is 2.94. The first kappa shape index (κ1) is 19.0. The average molecular weight is 384 g/mol. The maximum Gasteiger partial charge on any atom is 0.226 e. The predicted octanol–water partition coefficient (Wildman–Crippen LogP) is -0.872. The number of fused-ring (bicyclic) bond motifs is 1. The van der Waals surface area contributed by atoms with E-state index in [-0.39, 0.29) is 11.1 Å². The molecule has 0 unspecified atom stereocenters. The minimum Gasteiger partial charge on any atom is -0.387 e. The highest BCUT2D eigenvalue weighted by Gasteiger charge is 2.44. The number of aliphatic hydroxyl groups excluding tert-OH is 2. The molecule has 1 aliphatic heterocycles. The minimum atomic E-state index is -1.15. The van der Waals surface area contributed by atoms with E-state index in [1.807, 2.05) is 24.1 Å². The average Bonchev–Trinajstić information content (AvgIpc) is 3.11. The number of hydrogen-bond donors (Lipinski definition) is 4. The van der Waals surface area contributed by atoms with E-state index in [4.69, 9.17) is 27.8 Å². The van der Waals surface area contributed by atoms with Gasteiger partial charge in [0.05, 0.1) is 6.33 Å². The lowest BCUT2D eigenvalue weighted by Gasteiger charge is -2.21. The molecule has 2 aromatic rings. The summed E-state index contributed by atoms with van der Waals surface area (Å²) in [4.78, 5) is 14.1. The van der Waals surface area contributed by atoms with Crippen LogP contribution in [0.15, 0.2) is 18.5 Å². The fourth-order valence-corrected chi connectivity index (χ4v) is 3.11. The quantitative estimate of drug-likeness (QED) is 0.368. The van der Waals surface area contributed by atoms with Gasteiger partial charge in [0.1, 0.15) is 23.8 Å². The summed E-state index contributed by atoms with van der Waals surface area (Å²) in [5.74, 6) is 0.134. The molecule has 6 N–H and O–H groups in total. The van der Waals surface area contributed by atoms with E-state index in [1.54, 1.807) is 0 Å². The Labute approximate surface area is 155 Å². The van der Waals surface area contributed by atoms with Crippen LogP contribution in [0.3, 0.4) is 0 Å². The van der Waals surface area contributed by atoms with Gasteiger partial charge >= 0.3 is 0 Å². The molecular weight excluding hydrogens is 362 g/mol. The molecule has 4 atom stereocenters. The lowest BCUT2D eigenvalue weighted by molar-refractivity contribution is -0.0414. The standard InChI is InChI=1S/C15H22ClN7O3/c1-22(5-3-2-4-17)6-8-10(24)11(25)14(26-8)23-7-19-9-12(18)20-15(16)21-13(9)23/h2-3,7-8,10-11,14,24-25H,4-6,17H2,1H3,(H2,18,20,21)/b3-2+/t8-,10-,11-,14-/m1/s1. The summed E-state index contributed by atoms with van der Waals surface area (Å²) in [5.41, 5.74) is 11.9. The van der Waals surface area contributed by atoms with Crippen molar-refractivity contribution >= 4 is 28.6 Å². The molecule has 10 nitrogen and oxygen atoms in total. The van der Waals surface area contributed by atoms with Crippen LogP contribution < -0.4 is 11.5 Å². The summed E-state index contributed by atoms with van der Waals surface area (Å²) in [6, 6.07) is 0. The Kier molecular flexibility index (Phi) is 5.70. The predicted molar refractivity (Wildman–Crippen MR) is 96.4 cm³/mol. The first-order valence-electron chi connectivity index (χ1n) is 8.13. The van der Waals surface area contributed by atoms with E-state index in [0.29, 0.717) is 30.8 Å². The van der Waals surface area contributed by atoms with Crippen molar-refractivity contribution in [2.24, 2.45) is 5.73 Å². The summed E-state index contributed by atoms with van der Waals surface area (Å²) in [7, 11) is 1.89. The van der Waals surface area contributed by atoms with Gasteiger partial charge in [-0.15, -0.1) is 0 Å². The lowest BCUT2D eigenvalue weighted by atomic mass is 10.1. The molecule has 142 valence electrons. The van der Waals surface area contributed by atoms with E-state index < -0.39 is 24.5 Å². The largest absolute Gasteiger partial charge is 0.387 e. The number of aliphatic hydroxyl groups is 2. The van der Waals surface area contributed by atoms with Crippen molar-refractivity contribution in [2.75, 3.05) is 32.4 Å². The van der Waals surface area contributed by atoms with Gasteiger partial charge in [0.2, 0.25) is 5.28 Å². The van der Waals surface area contributed by atoms with Crippen molar-refractivity contribution in [3.05, 3.63) is 23.8 Å². The van der Waals surface area contributed by atoms with Gasteiger partial charge in [-0.05, 0) is 18.6 Å². The number of aromatic nitrogens is 4. The summed E-state index contributed by atoms with van der Waals surface area (Å²) in [5, 5.41) is 20.8. The van der Waals surface area contributed by atoms with Crippen LogP contribution in [0.25, 0.3) is 11.2 Å². The highest BCUT2D eigenvalue weighted by atomic mass is 35.5. The first-order chi connectivity index (χ1) is 12.4. The van der Waals surface area contributed by atoms with Gasteiger partial charge in [-0.1, -0.05) is 12.2 Å². The number of hydrogen-bond acceptors (Lipinski definition) is 9. The van der Waals surface area contributed by atoms with Crippen LogP contribution in [0.4, 0.5) is 5.82 Å². The molecule has 0 amide bonds. The van der Waals surface area contributed by atoms with Crippen LogP contribution in [-0.4, -0.2) is 79.6 Å². The molecule has 0 spiro atoms. The second kappa shape index (κ2) is 7.82. The molecule has 1 saturated heterocycles. The summed E-state index contributed by atoms with van der Waals surface area (Å²) >= 11 is 5.86. The molecule has 3 rings (SSSR count). The van der Waals surface area contributed by atoms with Crippen molar-refractivity contribution in [1.82, 2.24) is 24.4 Å². The number of nitrogens with two attached hydrogens (primary N) is 2. The van der Waals surface area contributed by atoms with Crippen LogP contribution in [-0.2, 0) is 4.74 Å². The number of likely N-dealkylation sites (N-methyl/N-ethyl adjacent to an activating group) is 1. The van der Waals surface area contributed by atoms with Gasteiger partial charge in [0.25, 0.3) is 0 Å². The Balaban J connectivity index is 1.79. The third kappa shape index (κ3) is 3.65. The van der Waals surface area contributed by atoms with Crippen LogP contribution >= 0.6 is 11.6 Å². The topological polar surface area (TPSA) is 149 Å². The molecule has 0 aromatic carbocycles. The highest BCUT2D eigenvalue weighted by molar-refractivity contribution is 6.28. The van der Waals surface area contributed by atoms with Crippen molar-refractivity contribution in [1.29, 1.82) is 0 Å². The number of imidazole rings is 1. The Morgan fingerprint density at radius 2 is 2.12 bits per heavy atom. The molecule has 0 bridgehead atoms. The Morgan fingerprint density at radius 1 is 1.35 bits per heavy atom. The molecule has 3 heterocycles. The number of ether oxygens (including phenoxy) is 1. The zero-order chi connectivity index (χ0) is 18.8. The maximum atomic E-state index is 10.4. The van der Waals surface area contributed by atoms with Crippen molar-refractivity contribution < 1.29 is 14.9 Å². The second-order valence-corrected chi connectivity index (χ2v) is 6.51. The number of nitrogen functional groups attached to an aromatic ring is 1. The molecular formula is C15H22ClN7O3. The SMILES string of the molecule is CN(C/C=C/CN)C[C@H]1O[C@@H](n2cnc3c(N)nc(Cl)nc32)[C@H](O)[C@@H]1O. The van der Waals surface area contributed by atoms with E-state index in [2.05, 4.69) is 15.0 Å². The summed E-state index contributed by atoms with van der Waals surface area (Å²) in [6.45, 7) is 1.55. The molecule has 0 radical (unpaired) electrons. The lowest BCUT2D eigenvalue weighted by Crippen LogP contribution is -2.38. The smallest absolute Gasteiger partial charge is 0.226 e. The highest BCUT2D eigenvalue weighted by Crippen LogP contribution is 2.32. The molecule has 0 saturated carbocycles. The van der Waals surface area contributed by atoms with Gasteiger partial charge in [-0.3, -0.25) is 4.57 Å². The van der Waals surface area contributed by atoms with E-state index in [0.717, 1.165) is 0 Å². The van der Waals surface area contributed by atoms with E-state index >= 15 is 0 Å². The van der Waals surface area contributed by atoms with Gasteiger partial charge in [-0.25, -0.2) is 4.98 Å². The fraction of sp³-hybridized carbons (Fsp3) is 0.533. The van der Waals surface area contributed by atoms with Crippen molar-refractivity contribution in [2.45, 2.75) is 24.5 Å². The minimum absolute atomic E-state index is 0.0345. The number of rotatable bonds is 6.